The molecule has 1 nitrogen and oxygen atoms in total. The zero-order valence-electron chi connectivity index (χ0n) is 11.5. The monoisotopic (exact) mass is 237 g/mol. The summed E-state index contributed by atoms with van der Waals surface area (Å²) in [6.45, 7) is 8.74. The third kappa shape index (κ3) is 2.24. The van der Waals surface area contributed by atoms with Crippen LogP contribution in [-0.2, 0) is 0 Å². The molecule has 0 amide bonds. The second-order valence-corrected chi connectivity index (χ2v) is 5.75. The molecule has 0 aliphatic heterocycles. The van der Waals surface area contributed by atoms with Crippen LogP contribution in [0.5, 0.6) is 0 Å². The first-order valence-electron chi connectivity index (χ1n) is 6.34. The first-order chi connectivity index (χ1) is 8.44. The summed E-state index contributed by atoms with van der Waals surface area (Å²) in [6, 6.07) is 8.37. The van der Waals surface area contributed by atoms with Crippen molar-refractivity contribution in [2.75, 3.05) is 0 Å². The average Bonchev–Trinajstić information content (AvgIpc) is 2.26. The predicted octanol–water partition coefficient (Wildman–Crippen LogP) is 4.63. The summed E-state index contributed by atoms with van der Waals surface area (Å²) in [5.74, 6) is 0. The molecule has 18 heavy (non-hydrogen) atoms. The molecule has 0 fully saturated rings. The number of nitriles is 1. The predicted molar refractivity (Wildman–Crippen MR) is 76.0 cm³/mol. The zero-order valence-corrected chi connectivity index (χ0v) is 11.5. The molecular weight excluding hydrogens is 218 g/mol. The zero-order chi connectivity index (χ0) is 13.3. The lowest BCUT2D eigenvalue weighted by Gasteiger charge is -2.32. The van der Waals surface area contributed by atoms with E-state index in [2.05, 4.69) is 45.1 Å². The van der Waals surface area contributed by atoms with Crippen molar-refractivity contribution < 1.29 is 0 Å². The molecule has 2 rings (SSSR count). The molecule has 1 heteroatoms. The lowest BCUT2D eigenvalue weighted by molar-refractivity contribution is 0.502. The van der Waals surface area contributed by atoms with Gasteiger partial charge in [-0.3, -0.25) is 0 Å². The van der Waals surface area contributed by atoms with Gasteiger partial charge in [-0.2, -0.15) is 5.26 Å². The summed E-state index contributed by atoms with van der Waals surface area (Å²) < 4.78 is 0. The molecule has 1 aliphatic rings. The van der Waals surface area contributed by atoms with Crippen molar-refractivity contribution in [3.05, 3.63) is 52.6 Å². The highest BCUT2D eigenvalue weighted by Gasteiger charge is 2.27. The molecule has 0 saturated carbocycles. The Kier molecular flexibility index (Phi) is 3.13. The Morgan fingerprint density at radius 2 is 1.89 bits per heavy atom. The fourth-order valence-corrected chi connectivity index (χ4v) is 2.86. The van der Waals surface area contributed by atoms with Crippen LogP contribution in [0.4, 0.5) is 0 Å². The number of hydrogen-bond acceptors (Lipinski definition) is 1. The molecule has 1 aromatic rings. The molecule has 1 aromatic carbocycles. The number of rotatable bonds is 1. The van der Waals surface area contributed by atoms with E-state index < -0.39 is 0 Å². The number of nitrogens with zero attached hydrogens (tertiary/aromatic N) is 1. The molecule has 0 bridgehead atoms. The van der Waals surface area contributed by atoms with Gasteiger partial charge in [-0.1, -0.05) is 32.1 Å². The lowest BCUT2D eigenvalue weighted by Crippen LogP contribution is -2.17. The van der Waals surface area contributed by atoms with Crippen LogP contribution in [0, 0.1) is 23.7 Å². The summed E-state index contributed by atoms with van der Waals surface area (Å²) >= 11 is 0. The molecule has 0 aromatic heterocycles. The largest absolute Gasteiger partial charge is 0.192 e. The van der Waals surface area contributed by atoms with Gasteiger partial charge in [0.25, 0.3) is 0 Å². The van der Waals surface area contributed by atoms with Gasteiger partial charge in [0.05, 0.1) is 11.6 Å². The van der Waals surface area contributed by atoms with Crippen LogP contribution < -0.4 is 0 Å². The standard InChI is InChI=1S/C17H19N/c1-12-8-14(11-18)10-15(9-12)16-13(2)6-5-7-17(16,3)4/h5-6,8-10H,7H2,1-4H3. The molecule has 0 atom stereocenters. The van der Waals surface area contributed by atoms with Crippen LogP contribution >= 0.6 is 0 Å². The van der Waals surface area contributed by atoms with Crippen LogP contribution in [-0.4, -0.2) is 0 Å². The number of benzene rings is 1. The Morgan fingerprint density at radius 3 is 2.50 bits per heavy atom. The minimum atomic E-state index is 0.138. The van der Waals surface area contributed by atoms with Crippen LogP contribution in [0.1, 0.15) is 43.9 Å². The molecule has 0 N–H and O–H groups in total. The molecule has 92 valence electrons. The number of hydrogen-bond donors (Lipinski definition) is 0. The molecule has 0 spiro atoms. The molecule has 0 unspecified atom stereocenters. The van der Waals surface area contributed by atoms with Crippen molar-refractivity contribution >= 4 is 5.57 Å². The maximum absolute atomic E-state index is 9.10. The van der Waals surface area contributed by atoms with Crippen LogP contribution in [0.2, 0.25) is 0 Å². The normalized spacial score (nSPS) is 17.7. The van der Waals surface area contributed by atoms with Crippen molar-refractivity contribution in [1.82, 2.24) is 0 Å². The van der Waals surface area contributed by atoms with E-state index in [4.69, 9.17) is 5.26 Å². The van der Waals surface area contributed by atoms with E-state index in [1.54, 1.807) is 0 Å². The van der Waals surface area contributed by atoms with Gasteiger partial charge in [0.2, 0.25) is 0 Å². The van der Waals surface area contributed by atoms with Gasteiger partial charge in [0, 0.05) is 0 Å². The van der Waals surface area contributed by atoms with E-state index >= 15 is 0 Å². The first kappa shape index (κ1) is 12.6. The van der Waals surface area contributed by atoms with Gasteiger partial charge in [-0.25, -0.2) is 0 Å². The van der Waals surface area contributed by atoms with Gasteiger partial charge in [-0.05, 0) is 60.1 Å². The quantitative estimate of drug-likeness (QED) is 0.698. The van der Waals surface area contributed by atoms with Gasteiger partial charge < -0.3 is 0 Å². The van der Waals surface area contributed by atoms with E-state index in [0.29, 0.717) is 0 Å². The highest BCUT2D eigenvalue weighted by molar-refractivity contribution is 5.76. The van der Waals surface area contributed by atoms with Crippen molar-refractivity contribution in [2.45, 2.75) is 34.1 Å². The minimum Gasteiger partial charge on any atom is -0.192 e. The number of aryl methyl sites for hydroxylation is 1. The topological polar surface area (TPSA) is 23.8 Å². The third-order valence-electron chi connectivity index (χ3n) is 3.56. The van der Waals surface area contributed by atoms with E-state index in [1.165, 1.54) is 16.7 Å². The first-order valence-corrected chi connectivity index (χ1v) is 6.34. The van der Waals surface area contributed by atoms with E-state index in [9.17, 15) is 0 Å². The van der Waals surface area contributed by atoms with Gasteiger partial charge >= 0.3 is 0 Å². The van der Waals surface area contributed by atoms with Crippen LogP contribution in [0.15, 0.2) is 35.9 Å². The number of allylic oxidation sites excluding steroid dienone is 4. The van der Waals surface area contributed by atoms with E-state index in [1.807, 2.05) is 19.1 Å². The third-order valence-corrected chi connectivity index (χ3v) is 3.56. The molecular formula is C17H19N. The van der Waals surface area contributed by atoms with Crippen LogP contribution in [0.25, 0.3) is 5.57 Å². The summed E-state index contributed by atoms with van der Waals surface area (Å²) in [4.78, 5) is 0. The molecule has 0 radical (unpaired) electrons. The highest BCUT2D eigenvalue weighted by Crippen LogP contribution is 2.43. The SMILES string of the molecule is CC1=C(c2cc(C)cc(C#N)c2)C(C)(C)CC=C1. The smallest absolute Gasteiger partial charge is 0.0991 e. The Labute approximate surface area is 109 Å². The summed E-state index contributed by atoms with van der Waals surface area (Å²) in [7, 11) is 0. The molecule has 0 saturated heterocycles. The van der Waals surface area contributed by atoms with E-state index in [-0.39, 0.29) is 5.41 Å². The van der Waals surface area contributed by atoms with Crippen molar-refractivity contribution in [1.29, 1.82) is 5.26 Å². The summed E-state index contributed by atoms with van der Waals surface area (Å²) in [6.07, 6.45) is 5.48. The van der Waals surface area contributed by atoms with Gasteiger partial charge in [-0.15, -0.1) is 0 Å². The Morgan fingerprint density at radius 1 is 1.17 bits per heavy atom. The fourth-order valence-electron chi connectivity index (χ4n) is 2.86. The Hall–Kier alpha value is -1.81. The van der Waals surface area contributed by atoms with E-state index in [0.717, 1.165) is 17.5 Å². The van der Waals surface area contributed by atoms with Crippen molar-refractivity contribution in [3.8, 4) is 6.07 Å². The maximum atomic E-state index is 9.10. The second kappa shape index (κ2) is 4.46. The maximum Gasteiger partial charge on any atom is 0.0991 e. The van der Waals surface area contributed by atoms with Gasteiger partial charge in [0.1, 0.15) is 0 Å². The van der Waals surface area contributed by atoms with Crippen molar-refractivity contribution in [2.24, 2.45) is 5.41 Å². The van der Waals surface area contributed by atoms with Crippen molar-refractivity contribution in [3.63, 3.8) is 0 Å². The van der Waals surface area contributed by atoms with Gasteiger partial charge in [0.15, 0.2) is 0 Å². The highest BCUT2D eigenvalue weighted by atomic mass is 14.3. The Bertz CT molecular complexity index is 580. The summed E-state index contributed by atoms with van der Waals surface area (Å²) in [5, 5.41) is 9.10. The lowest BCUT2D eigenvalue weighted by atomic mass is 9.72. The molecule has 1 aliphatic carbocycles. The average molecular weight is 237 g/mol. The minimum absolute atomic E-state index is 0.138. The Balaban J connectivity index is 2.64. The second-order valence-electron chi connectivity index (χ2n) is 5.75. The van der Waals surface area contributed by atoms with Crippen LogP contribution in [0.3, 0.4) is 0 Å². The summed E-state index contributed by atoms with van der Waals surface area (Å²) in [5.41, 5.74) is 5.90. The fraction of sp³-hybridized carbons (Fsp3) is 0.353. The molecule has 0 heterocycles.